The highest BCUT2D eigenvalue weighted by Crippen LogP contribution is 2.24. The first-order valence-electron chi connectivity index (χ1n) is 8.17. The molecule has 8 nitrogen and oxygen atoms in total. The molecule has 0 spiro atoms. The monoisotopic (exact) mass is 398 g/mol. The number of rotatable bonds is 7. The fraction of sp³-hybridized carbons (Fsp3) is 0.158. The minimum Gasteiger partial charge on any atom is -0.497 e. The third kappa shape index (κ3) is 4.63. The van der Waals surface area contributed by atoms with Crippen LogP contribution >= 0.6 is 11.5 Å². The quantitative estimate of drug-likeness (QED) is 0.486. The van der Waals surface area contributed by atoms with Crippen LogP contribution in [0.15, 0.2) is 47.6 Å². The summed E-state index contributed by atoms with van der Waals surface area (Å²) in [5.74, 6) is 1.54. The largest absolute Gasteiger partial charge is 0.497 e. The van der Waals surface area contributed by atoms with Gasteiger partial charge in [0.2, 0.25) is 5.82 Å². The highest BCUT2D eigenvalue weighted by molar-refractivity contribution is 7.09. The minimum absolute atomic E-state index is 0.0520. The van der Waals surface area contributed by atoms with E-state index in [1.54, 1.807) is 39.5 Å². The maximum Gasteiger partial charge on any atom is 0.310 e. The minimum atomic E-state index is -0.498. The van der Waals surface area contributed by atoms with E-state index in [1.165, 1.54) is 6.21 Å². The maximum atomic E-state index is 12.2. The molecular weight excluding hydrogens is 380 g/mol. The molecule has 3 rings (SSSR count). The van der Waals surface area contributed by atoms with Gasteiger partial charge in [-0.15, -0.1) is 0 Å². The van der Waals surface area contributed by atoms with Gasteiger partial charge in [0.1, 0.15) is 22.3 Å². The molecule has 0 radical (unpaired) electrons. The molecule has 0 unspecified atom stereocenters. The van der Waals surface area contributed by atoms with E-state index in [-0.39, 0.29) is 5.82 Å². The number of carbonyl (C=O) groups excluding carboxylic acids is 1. The Balaban J connectivity index is 1.67. The summed E-state index contributed by atoms with van der Waals surface area (Å²) in [6.07, 6.45) is 1.49. The van der Waals surface area contributed by atoms with Gasteiger partial charge in [-0.3, -0.25) is 4.79 Å². The van der Waals surface area contributed by atoms with Crippen molar-refractivity contribution in [3.63, 3.8) is 0 Å². The van der Waals surface area contributed by atoms with E-state index in [9.17, 15) is 4.79 Å². The number of aromatic nitrogens is 2. The Hall–Kier alpha value is -3.46. The van der Waals surface area contributed by atoms with Crippen molar-refractivity contribution in [2.75, 3.05) is 21.3 Å². The van der Waals surface area contributed by atoms with Crippen LogP contribution in [0.4, 0.5) is 0 Å². The summed E-state index contributed by atoms with van der Waals surface area (Å²) < 4.78 is 19.6. The number of hydrogen-bond donors (Lipinski definition) is 1. The van der Waals surface area contributed by atoms with E-state index in [2.05, 4.69) is 19.9 Å². The third-order valence-electron chi connectivity index (χ3n) is 3.72. The number of ether oxygens (including phenoxy) is 3. The number of nitrogens with zero attached hydrogens (tertiary/aromatic N) is 3. The Bertz CT molecular complexity index is 964. The molecule has 0 aliphatic carbocycles. The first-order chi connectivity index (χ1) is 13.6. The number of carbonyl (C=O) groups is 1. The van der Waals surface area contributed by atoms with E-state index in [0.717, 1.165) is 22.8 Å². The topological polar surface area (TPSA) is 94.9 Å². The van der Waals surface area contributed by atoms with E-state index in [4.69, 9.17) is 14.2 Å². The zero-order valence-electron chi connectivity index (χ0n) is 15.5. The lowest BCUT2D eigenvalue weighted by molar-refractivity contribution is 0.0946. The van der Waals surface area contributed by atoms with Crippen LogP contribution in [-0.4, -0.2) is 42.8 Å². The van der Waals surface area contributed by atoms with Gasteiger partial charge in [-0.05, 0) is 47.9 Å². The molecule has 0 atom stereocenters. The molecule has 1 heterocycles. The van der Waals surface area contributed by atoms with Crippen LogP contribution in [0.5, 0.6) is 17.2 Å². The van der Waals surface area contributed by atoms with Crippen molar-refractivity contribution in [1.29, 1.82) is 0 Å². The van der Waals surface area contributed by atoms with Crippen LogP contribution < -0.4 is 19.6 Å². The molecule has 2 aromatic carbocycles. The maximum absolute atomic E-state index is 12.2. The Morgan fingerprint density at radius 3 is 2.25 bits per heavy atom. The van der Waals surface area contributed by atoms with Crippen molar-refractivity contribution in [2.45, 2.75) is 0 Å². The van der Waals surface area contributed by atoms with E-state index < -0.39 is 5.91 Å². The van der Waals surface area contributed by atoms with Crippen LogP contribution in [0.25, 0.3) is 10.6 Å². The van der Waals surface area contributed by atoms with Crippen molar-refractivity contribution >= 4 is 23.7 Å². The second kappa shape index (κ2) is 8.96. The summed E-state index contributed by atoms with van der Waals surface area (Å²) in [7, 11) is 4.72. The lowest BCUT2D eigenvalue weighted by Gasteiger charge is -2.05. The number of hydrazone groups is 1. The van der Waals surface area contributed by atoms with Gasteiger partial charge in [0.15, 0.2) is 0 Å². The molecule has 144 valence electrons. The number of hydrogen-bond acceptors (Lipinski definition) is 8. The van der Waals surface area contributed by atoms with Gasteiger partial charge in [0, 0.05) is 17.2 Å². The average molecular weight is 398 g/mol. The summed E-state index contributed by atoms with van der Waals surface area (Å²) in [5.41, 5.74) is 3.98. The molecule has 1 aromatic heterocycles. The summed E-state index contributed by atoms with van der Waals surface area (Å²) in [5, 5.41) is 4.58. The molecule has 1 amide bonds. The SMILES string of the molecule is COc1ccc(-c2nc(C(=O)NN=Cc3cc(OC)cc(OC)c3)ns2)cc1. The fourth-order valence-electron chi connectivity index (χ4n) is 2.29. The van der Waals surface area contributed by atoms with Crippen molar-refractivity contribution in [3.8, 4) is 27.8 Å². The van der Waals surface area contributed by atoms with Crippen LogP contribution in [0, 0.1) is 0 Å². The predicted molar refractivity (Wildman–Crippen MR) is 107 cm³/mol. The van der Waals surface area contributed by atoms with Crippen LogP contribution in [0.2, 0.25) is 0 Å². The Kier molecular flexibility index (Phi) is 6.18. The molecule has 0 fully saturated rings. The molecule has 3 aromatic rings. The molecular formula is C19H18N4O4S. The molecule has 0 saturated heterocycles. The van der Waals surface area contributed by atoms with Gasteiger partial charge < -0.3 is 14.2 Å². The van der Waals surface area contributed by atoms with Crippen molar-refractivity contribution in [1.82, 2.24) is 14.8 Å². The average Bonchev–Trinajstić information content (AvgIpc) is 3.24. The van der Waals surface area contributed by atoms with E-state index >= 15 is 0 Å². The molecule has 0 aliphatic rings. The van der Waals surface area contributed by atoms with Crippen LogP contribution in [-0.2, 0) is 0 Å². The standard InChI is InChI=1S/C19H18N4O4S/c1-25-14-6-4-13(5-7-14)19-21-17(23-28-19)18(24)22-20-11-12-8-15(26-2)10-16(9-12)27-3/h4-11H,1-3H3,(H,22,24). The Morgan fingerprint density at radius 2 is 1.64 bits per heavy atom. The van der Waals surface area contributed by atoms with Gasteiger partial charge in [-0.1, -0.05) is 0 Å². The van der Waals surface area contributed by atoms with Crippen molar-refractivity contribution in [2.24, 2.45) is 5.10 Å². The number of benzene rings is 2. The van der Waals surface area contributed by atoms with Gasteiger partial charge in [0.25, 0.3) is 0 Å². The highest BCUT2D eigenvalue weighted by atomic mass is 32.1. The smallest absolute Gasteiger partial charge is 0.310 e. The zero-order chi connectivity index (χ0) is 19.9. The second-order valence-corrected chi connectivity index (χ2v) is 6.25. The Morgan fingerprint density at radius 1 is 1.00 bits per heavy atom. The van der Waals surface area contributed by atoms with Gasteiger partial charge >= 0.3 is 5.91 Å². The lowest BCUT2D eigenvalue weighted by Crippen LogP contribution is -2.19. The third-order valence-corrected chi connectivity index (χ3v) is 4.48. The number of nitrogens with one attached hydrogen (secondary N) is 1. The molecule has 0 aliphatic heterocycles. The highest BCUT2D eigenvalue weighted by Gasteiger charge is 2.13. The lowest BCUT2D eigenvalue weighted by atomic mass is 10.2. The van der Waals surface area contributed by atoms with Gasteiger partial charge in [-0.25, -0.2) is 10.4 Å². The Labute approximate surface area is 166 Å². The van der Waals surface area contributed by atoms with Gasteiger partial charge in [0.05, 0.1) is 27.5 Å². The summed E-state index contributed by atoms with van der Waals surface area (Å²) in [6, 6.07) is 12.6. The first-order valence-corrected chi connectivity index (χ1v) is 8.95. The fourth-order valence-corrected chi connectivity index (χ4v) is 2.95. The first kappa shape index (κ1) is 19.3. The number of amides is 1. The molecule has 28 heavy (non-hydrogen) atoms. The van der Waals surface area contributed by atoms with Crippen molar-refractivity contribution in [3.05, 3.63) is 53.9 Å². The number of methoxy groups -OCH3 is 3. The van der Waals surface area contributed by atoms with Crippen LogP contribution in [0.3, 0.4) is 0 Å². The summed E-state index contributed by atoms with van der Waals surface area (Å²) >= 11 is 1.14. The molecule has 1 N–H and O–H groups in total. The van der Waals surface area contributed by atoms with Crippen LogP contribution in [0.1, 0.15) is 16.2 Å². The molecule has 9 heteroatoms. The summed E-state index contributed by atoms with van der Waals surface area (Å²) in [6.45, 7) is 0. The van der Waals surface area contributed by atoms with Crippen molar-refractivity contribution < 1.29 is 19.0 Å². The molecule has 0 saturated carbocycles. The zero-order valence-corrected chi connectivity index (χ0v) is 16.3. The van der Waals surface area contributed by atoms with E-state index in [0.29, 0.717) is 22.1 Å². The summed E-state index contributed by atoms with van der Waals surface area (Å²) in [4.78, 5) is 16.5. The van der Waals surface area contributed by atoms with E-state index in [1.807, 2.05) is 24.3 Å². The van der Waals surface area contributed by atoms with Gasteiger partial charge in [-0.2, -0.15) is 9.47 Å². The second-order valence-electron chi connectivity index (χ2n) is 5.50. The normalized spacial score (nSPS) is 10.7. The molecule has 0 bridgehead atoms. The predicted octanol–water partition coefficient (Wildman–Crippen LogP) is 2.99.